The number of ether oxygens (including phenoxy) is 1. The number of carbonyl (C=O) groups excluding carboxylic acids is 3. The van der Waals surface area contributed by atoms with Crippen LogP contribution in [-0.4, -0.2) is 36.0 Å². The summed E-state index contributed by atoms with van der Waals surface area (Å²) >= 11 is 9.37. The van der Waals surface area contributed by atoms with Crippen LogP contribution in [-0.2, 0) is 20.9 Å². The maximum atomic E-state index is 13.3. The molecule has 150 valence electrons. The molecule has 0 aromatic heterocycles. The van der Waals surface area contributed by atoms with Gasteiger partial charge in [-0.1, -0.05) is 39.7 Å². The Morgan fingerprint density at radius 2 is 1.55 bits per heavy atom. The maximum Gasteiger partial charge on any atom is 0.324 e. The maximum absolute atomic E-state index is 13.3. The second kappa shape index (κ2) is 7.80. The lowest BCUT2D eigenvalue weighted by Gasteiger charge is -2.48. The van der Waals surface area contributed by atoms with Gasteiger partial charge in [0.25, 0.3) is 0 Å². The zero-order valence-corrected chi connectivity index (χ0v) is 17.8. The molecule has 0 radical (unpaired) electrons. The fraction of sp³-hybridized carbons (Fsp3) is 0.286. The van der Waals surface area contributed by atoms with E-state index in [9.17, 15) is 14.4 Å². The van der Waals surface area contributed by atoms with Crippen LogP contribution in [0.4, 0.5) is 10.5 Å². The van der Waals surface area contributed by atoms with Crippen LogP contribution in [0, 0.1) is 5.41 Å². The van der Waals surface area contributed by atoms with E-state index in [2.05, 4.69) is 15.9 Å². The Balaban J connectivity index is 1.68. The topological polar surface area (TPSA) is 66.9 Å². The number of rotatable bonds is 3. The van der Waals surface area contributed by atoms with Gasteiger partial charge in [0, 0.05) is 40.2 Å². The average molecular weight is 478 g/mol. The number of amides is 2. The van der Waals surface area contributed by atoms with Gasteiger partial charge in [-0.25, -0.2) is 4.79 Å². The lowest BCUT2D eigenvalue weighted by molar-refractivity contribution is -0.169. The van der Waals surface area contributed by atoms with Crippen molar-refractivity contribution >= 4 is 51.2 Å². The first-order valence-electron chi connectivity index (χ1n) is 9.14. The SMILES string of the molecule is O=C1CC2(CC(=O)O1)CN(Cc1ccc(Cl)cc1)C(=O)N(c1ccc(Br)cc1)C2. The zero-order valence-electron chi connectivity index (χ0n) is 15.4. The number of halogens is 2. The standard InChI is InChI=1S/C21H18BrClN2O4/c22-15-3-7-17(8-4-15)25-13-21(9-18(26)29-19(27)10-21)12-24(20(25)28)11-14-1-5-16(23)6-2-14/h1-8H,9-13H2. The van der Waals surface area contributed by atoms with Gasteiger partial charge in [0.05, 0.1) is 12.8 Å². The summed E-state index contributed by atoms with van der Waals surface area (Å²) in [6, 6.07) is 14.5. The highest BCUT2D eigenvalue weighted by atomic mass is 79.9. The monoisotopic (exact) mass is 476 g/mol. The number of hydrogen-bond acceptors (Lipinski definition) is 4. The summed E-state index contributed by atoms with van der Waals surface area (Å²) in [6.07, 6.45) is 0.187. The Labute approximate surface area is 181 Å². The normalized spacial score (nSPS) is 18.9. The summed E-state index contributed by atoms with van der Waals surface area (Å²) in [5.41, 5.74) is 0.949. The minimum atomic E-state index is -0.681. The minimum absolute atomic E-state index is 0.0934. The van der Waals surface area contributed by atoms with E-state index < -0.39 is 17.4 Å². The number of carbonyl (C=O) groups is 3. The molecule has 29 heavy (non-hydrogen) atoms. The Morgan fingerprint density at radius 1 is 0.931 bits per heavy atom. The summed E-state index contributed by atoms with van der Waals surface area (Å²) in [4.78, 5) is 40.7. The number of anilines is 1. The van der Waals surface area contributed by atoms with Gasteiger partial charge in [-0.15, -0.1) is 0 Å². The van der Waals surface area contributed by atoms with Gasteiger partial charge in [-0.2, -0.15) is 0 Å². The van der Waals surface area contributed by atoms with Crippen molar-refractivity contribution in [2.24, 2.45) is 5.41 Å². The molecule has 2 aliphatic heterocycles. The molecule has 4 rings (SSSR count). The molecule has 2 fully saturated rings. The number of esters is 2. The van der Waals surface area contributed by atoms with Gasteiger partial charge >= 0.3 is 18.0 Å². The smallest absolute Gasteiger partial charge is 0.324 e. The molecule has 8 heteroatoms. The van der Waals surface area contributed by atoms with E-state index in [1.807, 2.05) is 36.4 Å². The van der Waals surface area contributed by atoms with Crippen LogP contribution in [0.15, 0.2) is 53.0 Å². The fourth-order valence-corrected chi connectivity index (χ4v) is 4.34. The van der Waals surface area contributed by atoms with Crippen molar-refractivity contribution in [1.29, 1.82) is 0 Å². The lowest BCUT2D eigenvalue weighted by atomic mass is 9.77. The third-order valence-corrected chi connectivity index (χ3v) is 5.99. The number of benzene rings is 2. The molecule has 2 aromatic rings. The predicted molar refractivity (Wildman–Crippen MR) is 112 cm³/mol. The quantitative estimate of drug-likeness (QED) is 0.486. The third-order valence-electron chi connectivity index (χ3n) is 5.21. The van der Waals surface area contributed by atoms with E-state index >= 15 is 0 Å². The molecule has 0 aliphatic carbocycles. The van der Waals surface area contributed by atoms with E-state index in [0.717, 1.165) is 10.0 Å². The number of nitrogens with zero attached hydrogens (tertiary/aromatic N) is 2. The lowest BCUT2D eigenvalue weighted by Crippen LogP contribution is -2.60. The van der Waals surface area contributed by atoms with E-state index in [0.29, 0.717) is 23.8 Å². The Bertz CT molecular complexity index is 946. The molecule has 0 unspecified atom stereocenters. The minimum Gasteiger partial charge on any atom is -0.393 e. The van der Waals surface area contributed by atoms with Crippen molar-refractivity contribution in [2.75, 3.05) is 18.0 Å². The fourth-order valence-electron chi connectivity index (χ4n) is 3.95. The van der Waals surface area contributed by atoms with E-state index in [1.54, 1.807) is 21.9 Å². The molecule has 0 atom stereocenters. The molecular weight excluding hydrogens is 460 g/mol. The van der Waals surface area contributed by atoms with Crippen molar-refractivity contribution < 1.29 is 19.1 Å². The second-order valence-electron chi connectivity index (χ2n) is 7.53. The summed E-state index contributed by atoms with van der Waals surface area (Å²) in [7, 11) is 0. The Hall–Kier alpha value is -2.38. The largest absolute Gasteiger partial charge is 0.393 e. The van der Waals surface area contributed by atoms with Crippen LogP contribution >= 0.6 is 27.5 Å². The van der Waals surface area contributed by atoms with Gasteiger partial charge < -0.3 is 9.64 Å². The van der Waals surface area contributed by atoms with Gasteiger partial charge in [0.2, 0.25) is 0 Å². The van der Waals surface area contributed by atoms with Gasteiger partial charge in [-0.05, 0) is 42.0 Å². The molecule has 0 bridgehead atoms. The van der Waals surface area contributed by atoms with Crippen LogP contribution in [0.2, 0.25) is 5.02 Å². The highest BCUT2D eigenvalue weighted by Gasteiger charge is 2.49. The van der Waals surface area contributed by atoms with Gasteiger partial charge in [0.1, 0.15) is 0 Å². The summed E-state index contributed by atoms with van der Waals surface area (Å²) in [6.45, 7) is 0.946. The summed E-state index contributed by atoms with van der Waals surface area (Å²) in [5, 5.41) is 0.618. The van der Waals surface area contributed by atoms with Gasteiger partial charge in [0.15, 0.2) is 0 Å². The molecular formula is C21H18BrClN2O4. The molecule has 2 aliphatic rings. The predicted octanol–water partition coefficient (Wildman–Crippen LogP) is 4.39. The first-order chi connectivity index (χ1) is 13.8. The van der Waals surface area contributed by atoms with Crippen LogP contribution in [0.5, 0.6) is 0 Å². The highest BCUT2D eigenvalue weighted by molar-refractivity contribution is 9.10. The van der Waals surface area contributed by atoms with E-state index in [4.69, 9.17) is 16.3 Å². The number of cyclic esters (lactones) is 2. The highest BCUT2D eigenvalue weighted by Crippen LogP contribution is 2.39. The number of hydrogen-bond donors (Lipinski definition) is 0. The number of urea groups is 1. The van der Waals surface area contributed by atoms with Crippen molar-refractivity contribution in [3.63, 3.8) is 0 Å². The molecule has 2 heterocycles. The van der Waals surface area contributed by atoms with Crippen molar-refractivity contribution in [3.8, 4) is 0 Å². The van der Waals surface area contributed by atoms with Crippen LogP contribution in [0.3, 0.4) is 0 Å². The average Bonchev–Trinajstić information content (AvgIpc) is 2.66. The van der Waals surface area contributed by atoms with Crippen molar-refractivity contribution in [2.45, 2.75) is 19.4 Å². The zero-order chi connectivity index (χ0) is 20.6. The molecule has 6 nitrogen and oxygen atoms in total. The van der Waals surface area contributed by atoms with E-state index in [1.165, 1.54) is 0 Å². The van der Waals surface area contributed by atoms with Crippen molar-refractivity contribution in [1.82, 2.24) is 4.90 Å². The molecule has 2 saturated heterocycles. The second-order valence-corrected chi connectivity index (χ2v) is 8.88. The summed E-state index contributed by atoms with van der Waals surface area (Å²) < 4.78 is 5.64. The first kappa shape index (κ1) is 19.9. The molecule has 2 amide bonds. The van der Waals surface area contributed by atoms with Crippen LogP contribution < -0.4 is 4.90 Å². The van der Waals surface area contributed by atoms with Crippen LogP contribution in [0.25, 0.3) is 0 Å². The van der Waals surface area contributed by atoms with Crippen molar-refractivity contribution in [3.05, 3.63) is 63.6 Å². The Kier molecular flexibility index (Phi) is 5.36. The third kappa shape index (κ3) is 4.31. The first-order valence-corrected chi connectivity index (χ1v) is 10.3. The summed E-state index contributed by atoms with van der Waals surface area (Å²) in [5.74, 6) is -1.09. The molecule has 0 saturated carbocycles. The van der Waals surface area contributed by atoms with E-state index in [-0.39, 0.29) is 25.4 Å². The molecule has 0 N–H and O–H groups in total. The van der Waals surface area contributed by atoms with Crippen LogP contribution in [0.1, 0.15) is 18.4 Å². The molecule has 2 aromatic carbocycles. The Morgan fingerprint density at radius 3 is 2.17 bits per heavy atom. The van der Waals surface area contributed by atoms with Gasteiger partial charge in [-0.3, -0.25) is 14.5 Å². The molecule has 1 spiro atoms.